The van der Waals surface area contributed by atoms with Gasteiger partial charge in [0.25, 0.3) is 0 Å². The van der Waals surface area contributed by atoms with Crippen molar-refractivity contribution >= 4 is 0 Å². The van der Waals surface area contributed by atoms with E-state index in [1.165, 1.54) is 30.6 Å². The van der Waals surface area contributed by atoms with Gasteiger partial charge >= 0.3 is 0 Å². The van der Waals surface area contributed by atoms with Gasteiger partial charge < -0.3 is 10.2 Å². The molecule has 1 atom stereocenters. The van der Waals surface area contributed by atoms with Crippen molar-refractivity contribution in [3.05, 3.63) is 23.7 Å². The molecule has 0 aliphatic heterocycles. The fraction of sp³-hybridized carbons (Fsp3) is 0.600. The lowest BCUT2D eigenvalue weighted by Gasteiger charge is -2.14. The summed E-state index contributed by atoms with van der Waals surface area (Å²) in [5.74, 6) is 1.69. The van der Waals surface area contributed by atoms with Crippen LogP contribution in [0.25, 0.3) is 0 Å². The van der Waals surface area contributed by atoms with Crippen LogP contribution in [0.4, 0.5) is 0 Å². The summed E-state index contributed by atoms with van der Waals surface area (Å²) in [5.41, 5.74) is 7.70. The molecule has 2 aliphatic carbocycles. The van der Waals surface area contributed by atoms with Crippen molar-refractivity contribution in [1.29, 1.82) is 0 Å². The van der Waals surface area contributed by atoms with E-state index in [-0.39, 0.29) is 0 Å². The molecule has 1 heterocycles. The highest BCUT2D eigenvalue weighted by molar-refractivity contribution is 5.35. The lowest BCUT2D eigenvalue weighted by molar-refractivity contribution is 0.379. The third-order valence-electron chi connectivity index (χ3n) is 3.51. The number of furan rings is 1. The molecule has 0 saturated heterocycles. The fourth-order valence-corrected chi connectivity index (χ4v) is 2.62. The second-order valence-corrected chi connectivity index (χ2v) is 4.14. The third kappa shape index (κ3) is 0.643. The van der Waals surface area contributed by atoms with E-state index in [2.05, 4.69) is 6.07 Å². The van der Waals surface area contributed by atoms with Gasteiger partial charge in [-0.25, -0.2) is 0 Å². The molecule has 1 spiro atoms. The molecule has 0 bridgehead atoms. The van der Waals surface area contributed by atoms with Crippen LogP contribution in [0.15, 0.2) is 16.7 Å². The zero-order valence-corrected chi connectivity index (χ0v) is 7.05. The number of hydrogen-bond acceptors (Lipinski definition) is 2. The second-order valence-electron chi connectivity index (χ2n) is 4.14. The van der Waals surface area contributed by atoms with Gasteiger partial charge in [0.2, 0.25) is 0 Å². The monoisotopic (exact) mass is 163 g/mol. The molecule has 12 heavy (non-hydrogen) atoms. The summed E-state index contributed by atoms with van der Waals surface area (Å²) in [6, 6.07) is 2.10. The maximum Gasteiger partial charge on any atom is 0.111 e. The molecule has 0 amide bonds. The summed E-state index contributed by atoms with van der Waals surface area (Å²) in [4.78, 5) is 0. The quantitative estimate of drug-likeness (QED) is 0.683. The van der Waals surface area contributed by atoms with Gasteiger partial charge in [-0.05, 0) is 36.3 Å². The summed E-state index contributed by atoms with van der Waals surface area (Å²) in [5, 5.41) is 0. The Morgan fingerprint density at radius 3 is 3.08 bits per heavy atom. The van der Waals surface area contributed by atoms with E-state index in [1.807, 2.05) is 0 Å². The van der Waals surface area contributed by atoms with Crippen molar-refractivity contribution in [2.45, 2.75) is 25.2 Å². The SMILES string of the molecule is NCC1c2occc2CC12CC2. The van der Waals surface area contributed by atoms with Gasteiger partial charge in [-0.15, -0.1) is 0 Å². The first kappa shape index (κ1) is 6.72. The number of rotatable bonds is 1. The summed E-state index contributed by atoms with van der Waals surface area (Å²) < 4.78 is 5.48. The maximum atomic E-state index is 5.76. The van der Waals surface area contributed by atoms with Crippen LogP contribution in [0, 0.1) is 5.41 Å². The number of hydrogen-bond donors (Lipinski definition) is 1. The molecule has 2 nitrogen and oxygen atoms in total. The minimum absolute atomic E-state index is 0.516. The molecule has 1 unspecified atom stereocenters. The van der Waals surface area contributed by atoms with E-state index in [0.29, 0.717) is 11.3 Å². The summed E-state index contributed by atoms with van der Waals surface area (Å²) >= 11 is 0. The van der Waals surface area contributed by atoms with Gasteiger partial charge in [0.15, 0.2) is 0 Å². The molecule has 1 fully saturated rings. The van der Waals surface area contributed by atoms with Crippen molar-refractivity contribution in [3.8, 4) is 0 Å². The lowest BCUT2D eigenvalue weighted by atomic mass is 9.92. The van der Waals surface area contributed by atoms with E-state index in [4.69, 9.17) is 10.2 Å². The molecule has 64 valence electrons. The molecule has 1 aromatic rings. The van der Waals surface area contributed by atoms with Gasteiger partial charge in [0, 0.05) is 12.5 Å². The maximum absolute atomic E-state index is 5.76. The van der Waals surface area contributed by atoms with E-state index in [0.717, 1.165) is 6.54 Å². The molecule has 1 aromatic heterocycles. The van der Waals surface area contributed by atoms with Crippen molar-refractivity contribution in [2.24, 2.45) is 11.1 Å². The normalized spacial score (nSPS) is 29.2. The summed E-state index contributed by atoms with van der Waals surface area (Å²) in [6.45, 7) is 0.751. The first-order chi connectivity index (χ1) is 5.86. The van der Waals surface area contributed by atoms with Gasteiger partial charge in [-0.1, -0.05) is 0 Å². The Labute approximate surface area is 71.7 Å². The topological polar surface area (TPSA) is 39.2 Å². The van der Waals surface area contributed by atoms with Crippen LogP contribution < -0.4 is 5.73 Å². The van der Waals surface area contributed by atoms with Gasteiger partial charge in [-0.2, -0.15) is 0 Å². The Kier molecular flexibility index (Phi) is 1.09. The number of fused-ring (bicyclic) bond motifs is 1. The van der Waals surface area contributed by atoms with Gasteiger partial charge in [-0.3, -0.25) is 0 Å². The minimum atomic E-state index is 0.516. The largest absolute Gasteiger partial charge is 0.469 e. The minimum Gasteiger partial charge on any atom is -0.469 e. The molecular weight excluding hydrogens is 150 g/mol. The molecule has 1 saturated carbocycles. The van der Waals surface area contributed by atoms with E-state index >= 15 is 0 Å². The van der Waals surface area contributed by atoms with Crippen molar-refractivity contribution in [1.82, 2.24) is 0 Å². The third-order valence-corrected chi connectivity index (χ3v) is 3.51. The van der Waals surface area contributed by atoms with Gasteiger partial charge in [0.1, 0.15) is 5.76 Å². The van der Waals surface area contributed by atoms with Gasteiger partial charge in [0.05, 0.1) is 6.26 Å². The van der Waals surface area contributed by atoms with Crippen LogP contribution in [0.5, 0.6) is 0 Å². The standard InChI is InChI=1S/C10H13NO/c11-6-8-9-7(1-4-12-9)5-10(8)2-3-10/h1,4,8H,2-3,5-6,11H2. The fourth-order valence-electron chi connectivity index (χ4n) is 2.62. The van der Waals surface area contributed by atoms with Crippen LogP contribution in [0.1, 0.15) is 30.1 Å². The Morgan fingerprint density at radius 2 is 2.42 bits per heavy atom. The Morgan fingerprint density at radius 1 is 1.58 bits per heavy atom. The Hall–Kier alpha value is -0.760. The highest BCUT2D eigenvalue weighted by Gasteiger charge is 2.55. The summed E-state index contributed by atoms with van der Waals surface area (Å²) in [6.07, 6.45) is 5.70. The molecule has 2 N–H and O–H groups in total. The van der Waals surface area contributed by atoms with E-state index < -0.39 is 0 Å². The molecule has 2 heteroatoms. The zero-order valence-electron chi connectivity index (χ0n) is 7.05. The van der Waals surface area contributed by atoms with Crippen molar-refractivity contribution < 1.29 is 4.42 Å². The van der Waals surface area contributed by atoms with Crippen molar-refractivity contribution in [3.63, 3.8) is 0 Å². The molecule has 0 radical (unpaired) electrons. The predicted molar refractivity (Wildman–Crippen MR) is 45.9 cm³/mol. The first-order valence-corrected chi connectivity index (χ1v) is 4.62. The summed E-state index contributed by atoms with van der Waals surface area (Å²) in [7, 11) is 0. The van der Waals surface area contributed by atoms with Crippen molar-refractivity contribution in [2.75, 3.05) is 6.54 Å². The van der Waals surface area contributed by atoms with E-state index in [9.17, 15) is 0 Å². The molecule has 3 rings (SSSR count). The average molecular weight is 163 g/mol. The van der Waals surface area contributed by atoms with E-state index in [1.54, 1.807) is 6.26 Å². The van der Waals surface area contributed by atoms with Crippen LogP contribution in [-0.2, 0) is 6.42 Å². The average Bonchev–Trinajstić information content (AvgIpc) is 2.53. The zero-order chi connectivity index (χ0) is 8.18. The Bertz CT molecular complexity index is 311. The van der Waals surface area contributed by atoms with Crippen LogP contribution in [0.2, 0.25) is 0 Å². The number of nitrogens with two attached hydrogens (primary N) is 1. The Balaban J connectivity index is 2.07. The van der Waals surface area contributed by atoms with Crippen LogP contribution in [-0.4, -0.2) is 6.54 Å². The predicted octanol–water partition coefficient (Wildman–Crippen LogP) is 1.66. The second kappa shape index (κ2) is 1.94. The molecule has 0 aromatic carbocycles. The molecular formula is C10H13NO. The van der Waals surface area contributed by atoms with Crippen LogP contribution in [0.3, 0.4) is 0 Å². The first-order valence-electron chi connectivity index (χ1n) is 4.62. The van der Waals surface area contributed by atoms with Crippen LogP contribution >= 0.6 is 0 Å². The highest BCUT2D eigenvalue weighted by atomic mass is 16.3. The molecule has 2 aliphatic rings. The highest BCUT2D eigenvalue weighted by Crippen LogP contribution is 2.62. The lowest BCUT2D eigenvalue weighted by Crippen LogP contribution is -2.18. The smallest absolute Gasteiger partial charge is 0.111 e.